The Kier molecular flexibility index (Phi) is 5.52. The molecule has 2 heterocycles. The van der Waals surface area contributed by atoms with E-state index in [2.05, 4.69) is 0 Å². The Morgan fingerprint density at radius 1 is 1.00 bits per heavy atom. The van der Waals surface area contributed by atoms with E-state index in [1.165, 1.54) is 6.92 Å². The number of aliphatic hydroxyl groups excluding tert-OH is 6. The maximum Gasteiger partial charge on any atom is 0.187 e. The van der Waals surface area contributed by atoms with Crippen molar-refractivity contribution in [2.75, 3.05) is 13.2 Å². The highest BCUT2D eigenvalue weighted by Gasteiger charge is 2.47. The van der Waals surface area contributed by atoms with Crippen LogP contribution in [0.15, 0.2) is 0 Å². The summed E-state index contributed by atoms with van der Waals surface area (Å²) in [6.07, 6.45) is -11.0. The molecule has 6 N–H and O–H groups in total. The van der Waals surface area contributed by atoms with E-state index in [9.17, 15) is 25.5 Å². The van der Waals surface area contributed by atoms with E-state index in [1.54, 1.807) is 0 Å². The first-order valence-electron chi connectivity index (χ1n) is 6.80. The lowest BCUT2D eigenvalue weighted by Crippen LogP contribution is -2.62. The van der Waals surface area contributed by atoms with Crippen LogP contribution in [0.2, 0.25) is 0 Å². The van der Waals surface area contributed by atoms with Gasteiger partial charge >= 0.3 is 0 Å². The molecule has 2 fully saturated rings. The molecule has 2 rings (SSSR count). The second-order valence-electron chi connectivity index (χ2n) is 5.39. The molecule has 0 bridgehead atoms. The number of aliphatic hydroxyl groups is 6. The largest absolute Gasteiger partial charge is 0.394 e. The fraction of sp³-hybridized carbons (Fsp3) is 1.00. The summed E-state index contributed by atoms with van der Waals surface area (Å²) in [6, 6.07) is 0. The minimum Gasteiger partial charge on any atom is -0.394 e. The molecule has 21 heavy (non-hydrogen) atoms. The number of rotatable bonds is 3. The topological polar surface area (TPSA) is 149 Å². The van der Waals surface area contributed by atoms with Crippen LogP contribution in [0.5, 0.6) is 0 Å². The molecule has 2 aliphatic rings. The fourth-order valence-corrected chi connectivity index (χ4v) is 2.47. The summed E-state index contributed by atoms with van der Waals surface area (Å²) in [7, 11) is 0. The van der Waals surface area contributed by atoms with Gasteiger partial charge in [-0.05, 0) is 6.92 Å². The highest BCUT2D eigenvalue weighted by Crippen LogP contribution is 2.26. The zero-order chi connectivity index (χ0) is 15.7. The Morgan fingerprint density at radius 3 is 2.29 bits per heavy atom. The van der Waals surface area contributed by atoms with Gasteiger partial charge in [0, 0.05) is 0 Å². The average molecular weight is 310 g/mol. The standard InChI is InChI=1S/C12H22O9/c1-4-7(15)9(17)10(18)12(20-4)21-11-5(14)3-19-6(2-13)8(11)16/h4-18H,2-3H2,1H3/t4-,5+,6-,7-,8-,9+,10+,11-,12?/m1/s1. The zero-order valence-electron chi connectivity index (χ0n) is 11.5. The average Bonchev–Trinajstić information content (AvgIpc) is 2.46. The predicted octanol–water partition coefficient (Wildman–Crippen LogP) is -3.69. The van der Waals surface area contributed by atoms with Gasteiger partial charge in [0.05, 0.1) is 19.3 Å². The van der Waals surface area contributed by atoms with Gasteiger partial charge in [0.15, 0.2) is 6.29 Å². The minimum atomic E-state index is -1.54. The zero-order valence-corrected chi connectivity index (χ0v) is 11.5. The van der Waals surface area contributed by atoms with Crippen molar-refractivity contribution in [3.63, 3.8) is 0 Å². The molecule has 1 unspecified atom stereocenters. The van der Waals surface area contributed by atoms with Gasteiger partial charge in [0.1, 0.15) is 42.7 Å². The Hall–Kier alpha value is -0.360. The molecule has 9 heteroatoms. The van der Waals surface area contributed by atoms with Crippen LogP contribution in [0.25, 0.3) is 0 Å². The van der Waals surface area contributed by atoms with E-state index in [1.807, 2.05) is 0 Å². The van der Waals surface area contributed by atoms with Crippen molar-refractivity contribution in [2.45, 2.75) is 62.0 Å². The van der Waals surface area contributed by atoms with Crippen LogP contribution in [0.3, 0.4) is 0 Å². The van der Waals surface area contributed by atoms with Gasteiger partial charge < -0.3 is 44.8 Å². The predicted molar refractivity (Wildman–Crippen MR) is 66.1 cm³/mol. The molecule has 2 saturated heterocycles. The molecule has 9 nitrogen and oxygen atoms in total. The maximum atomic E-state index is 9.98. The number of hydrogen-bond acceptors (Lipinski definition) is 9. The van der Waals surface area contributed by atoms with Crippen molar-refractivity contribution < 1.29 is 44.8 Å². The highest BCUT2D eigenvalue weighted by molar-refractivity contribution is 4.91. The molecule has 9 atom stereocenters. The van der Waals surface area contributed by atoms with Crippen LogP contribution < -0.4 is 0 Å². The lowest BCUT2D eigenvalue weighted by atomic mass is 9.98. The molecule has 0 amide bonds. The Labute approximate surface area is 121 Å². The minimum absolute atomic E-state index is 0.156. The van der Waals surface area contributed by atoms with E-state index < -0.39 is 61.7 Å². The summed E-state index contributed by atoms with van der Waals surface area (Å²) < 4.78 is 15.6. The second-order valence-corrected chi connectivity index (χ2v) is 5.39. The normalized spacial score (nSPS) is 51.9. The molecule has 0 spiro atoms. The summed E-state index contributed by atoms with van der Waals surface area (Å²) >= 11 is 0. The van der Waals surface area contributed by atoms with E-state index >= 15 is 0 Å². The van der Waals surface area contributed by atoms with Gasteiger partial charge in [-0.1, -0.05) is 0 Å². The van der Waals surface area contributed by atoms with Gasteiger partial charge in [-0.3, -0.25) is 0 Å². The Bertz CT molecular complexity index is 341. The SMILES string of the molecule is C[C@H]1OC(O[C@H]2[C@H](O)[C@@H](CO)OC[C@@H]2O)[C@@H](O)[C@@H](O)[C@@H]1O. The summed E-state index contributed by atoms with van der Waals surface area (Å²) in [6.45, 7) is 0.875. The first-order valence-corrected chi connectivity index (χ1v) is 6.80. The highest BCUT2D eigenvalue weighted by atomic mass is 16.7. The van der Waals surface area contributed by atoms with Crippen LogP contribution >= 0.6 is 0 Å². The van der Waals surface area contributed by atoms with Crippen molar-refractivity contribution >= 4 is 0 Å². The van der Waals surface area contributed by atoms with Crippen molar-refractivity contribution in [1.82, 2.24) is 0 Å². The third-order valence-electron chi connectivity index (χ3n) is 3.86. The molecular weight excluding hydrogens is 288 g/mol. The van der Waals surface area contributed by atoms with Gasteiger partial charge in [-0.2, -0.15) is 0 Å². The van der Waals surface area contributed by atoms with Gasteiger partial charge in [-0.15, -0.1) is 0 Å². The van der Waals surface area contributed by atoms with Crippen LogP contribution in [0.4, 0.5) is 0 Å². The molecule has 0 radical (unpaired) electrons. The van der Waals surface area contributed by atoms with Crippen LogP contribution in [-0.2, 0) is 14.2 Å². The molecule has 0 saturated carbocycles. The molecular formula is C12H22O9. The number of hydrogen-bond donors (Lipinski definition) is 6. The van der Waals surface area contributed by atoms with E-state index in [4.69, 9.17) is 19.3 Å². The van der Waals surface area contributed by atoms with E-state index in [-0.39, 0.29) is 6.61 Å². The monoisotopic (exact) mass is 310 g/mol. The van der Waals surface area contributed by atoms with E-state index in [0.717, 1.165) is 0 Å². The fourth-order valence-electron chi connectivity index (χ4n) is 2.47. The Morgan fingerprint density at radius 2 is 1.67 bits per heavy atom. The summed E-state index contributed by atoms with van der Waals surface area (Å²) in [4.78, 5) is 0. The van der Waals surface area contributed by atoms with Crippen molar-refractivity contribution in [1.29, 1.82) is 0 Å². The third kappa shape index (κ3) is 3.36. The molecule has 124 valence electrons. The third-order valence-corrected chi connectivity index (χ3v) is 3.86. The van der Waals surface area contributed by atoms with Gasteiger partial charge in [-0.25, -0.2) is 0 Å². The quantitative estimate of drug-likeness (QED) is 0.310. The summed E-state index contributed by atoms with van der Waals surface area (Å²) in [5, 5.41) is 58.0. The molecule has 0 aliphatic carbocycles. The lowest BCUT2D eigenvalue weighted by Gasteiger charge is -2.43. The van der Waals surface area contributed by atoms with Crippen molar-refractivity contribution in [3.05, 3.63) is 0 Å². The van der Waals surface area contributed by atoms with E-state index in [0.29, 0.717) is 0 Å². The molecule has 0 aromatic heterocycles. The summed E-state index contributed by atoms with van der Waals surface area (Å²) in [5.41, 5.74) is 0. The van der Waals surface area contributed by atoms with Crippen molar-refractivity contribution in [3.8, 4) is 0 Å². The molecule has 2 aliphatic heterocycles. The first-order chi connectivity index (χ1) is 9.86. The van der Waals surface area contributed by atoms with Crippen LogP contribution in [0.1, 0.15) is 6.92 Å². The van der Waals surface area contributed by atoms with Crippen molar-refractivity contribution in [2.24, 2.45) is 0 Å². The lowest BCUT2D eigenvalue weighted by molar-refractivity contribution is -0.330. The first kappa shape index (κ1) is 17.0. The van der Waals surface area contributed by atoms with Crippen LogP contribution in [0, 0.1) is 0 Å². The Balaban J connectivity index is 2.05. The van der Waals surface area contributed by atoms with Gasteiger partial charge in [0.2, 0.25) is 0 Å². The second kappa shape index (κ2) is 6.82. The molecule has 0 aromatic carbocycles. The molecule has 0 aromatic rings. The van der Waals surface area contributed by atoms with Gasteiger partial charge in [0.25, 0.3) is 0 Å². The van der Waals surface area contributed by atoms with Crippen LogP contribution in [-0.4, -0.2) is 99.0 Å². The smallest absolute Gasteiger partial charge is 0.187 e. The number of ether oxygens (including phenoxy) is 3. The summed E-state index contributed by atoms with van der Waals surface area (Å²) in [5.74, 6) is 0. The maximum absolute atomic E-state index is 9.98.